The molecule has 4 N–H and O–H groups in total. The molecule has 2 aromatic rings. The summed E-state index contributed by atoms with van der Waals surface area (Å²) in [6, 6.07) is 14.7. The lowest BCUT2D eigenvalue weighted by Gasteiger charge is -2.30. The van der Waals surface area contributed by atoms with Crippen LogP contribution in [0.2, 0.25) is 0 Å². The Kier molecular flexibility index (Phi) is 5.85. The lowest BCUT2D eigenvalue weighted by Crippen LogP contribution is -2.43. The van der Waals surface area contributed by atoms with E-state index >= 15 is 0 Å². The highest BCUT2D eigenvalue weighted by Crippen LogP contribution is 2.42. The molecular formula is C21H24BrN3O2. The van der Waals surface area contributed by atoms with Gasteiger partial charge >= 0.3 is 6.03 Å². The van der Waals surface area contributed by atoms with Gasteiger partial charge in [0.15, 0.2) is 0 Å². The Balaban J connectivity index is 1.75. The monoisotopic (exact) mass is 429 g/mol. The van der Waals surface area contributed by atoms with Crippen molar-refractivity contribution in [3.63, 3.8) is 0 Å². The molecule has 1 saturated carbocycles. The number of nitrogens with one attached hydrogen (secondary N) is 2. The van der Waals surface area contributed by atoms with Crippen molar-refractivity contribution in [3.8, 4) is 0 Å². The summed E-state index contributed by atoms with van der Waals surface area (Å²) in [5, 5.41) is 5.73. The Hall–Kier alpha value is -2.34. The van der Waals surface area contributed by atoms with Crippen molar-refractivity contribution < 1.29 is 9.59 Å². The van der Waals surface area contributed by atoms with Crippen LogP contribution in [0.1, 0.15) is 49.8 Å². The normalized spacial score (nSPS) is 16.5. The second kappa shape index (κ2) is 8.13. The Labute approximate surface area is 167 Å². The minimum atomic E-state index is -0.596. The lowest BCUT2D eigenvalue weighted by molar-refractivity contribution is -0.127. The van der Waals surface area contributed by atoms with Crippen molar-refractivity contribution >= 4 is 33.6 Å². The molecule has 5 nitrogen and oxygen atoms in total. The zero-order valence-corrected chi connectivity index (χ0v) is 16.9. The number of halogens is 1. The van der Waals surface area contributed by atoms with Crippen LogP contribution in [0.25, 0.3) is 0 Å². The van der Waals surface area contributed by atoms with Crippen molar-refractivity contribution in [1.82, 2.24) is 5.32 Å². The van der Waals surface area contributed by atoms with Gasteiger partial charge in [0, 0.05) is 10.2 Å². The van der Waals surface area contributed by atoms with E-state index in [1.165, 1.54) is 0 Å². The molecule has 0 heterocycles. The second-order valence-corrected chi connectivity index (χ2v) is 8.02. The molecule has 3 rings (SSSR count). The SMILES string of the molecule is CC(NC(=O)C1(c2ccc(Br)cc2)CCCC1)c1ccc(NC(N)=O)cc1. The molecule has 1 aliphatic rings. The van der Waals surface area contributed by atoms with Crippen LogP contribution >= 0.6 is 15.9 Å². The Morgan fingerprint density at radius 3 is 2.19 bits per heavy atom. The molecule has 0 spiro atoms. The van der Waals surface area contributed by atoms with Crippen LogP contribution in [0, 0.1) is 0 Å². The minimum Gasteiger partial charge on any atom is -0.351 e. The zero-order chi connectivity index (χ0) is 19.4. The average molecular weight is 430 g/mol. The van der Waals surface area contributed by atoms with Crippen LogP contribution in [0.3, 0.4) is 0 Å². The Bertz CT molecular complexity index is 812. The van der Waals surface area contributed by atoms with E-state index in [0.29, 0.717) is 5.69 Å². The lowest BCUT2D eigenvalue weighted by atomic mass is 9.77. The average Bonchev–Trinajstić information content (AvgIpc) is 3.13. The molecule has 0 aromatic heterocycles. The summed E-state index contributed by atoms with van der Waals surface area (Å²) in [5.74, 6) is 0.0779. The number of hydrogen-bond acceptors (Lipinski definition) is 2. The van der Waals surface area contributed by atoms with E-state index in [1.54, 1.807) is 12.1 Å². The van der Waals surface area contributed by atoms with Gasteiger partial charge in [-0.05, 0) is 55.2 Å². The van der Waals surface area contributed by atoms with E-state index in [1.807, 2.05) is 43.3 Å². The van der Waals surface area contributed by atoms with Gasteiger partial charge in [0.25, 0.3) is 0 Å². The molecule has 0 saturated heterocycles. The first kappa shape index (κ1) is 19.4. The van der Waals surface area contributed by atoms with Gasteiger partial charge in [-0.2, -0.15) is 0 Å². The third kappa shape index (κ3) is 4.33. The highest BCUT2D eigenvalue weighted by atomic mass is 79.9. The third-order valence-electron chi connectivity index (χ3n) is 5.31. The molecular weight excluding hydrogens is 406 g/mol. The predicted octanol–water partition coefficient (Wildman–Crippen LogP) is 4.63. The quantitative estimate of drug-likeness (QED) is 0.646. The van der Waals surface area contributed by atoms with Crippen LogP contribution in [0.5, 0.6) is 0 Å². The van der Waals surface area contributed by atoms with Crippen molar-refractivity contribution in [2.24, 2.45) is 5.73 Å². The molecule has 27 heavy (non-hydrogen) atoms. The van der Waals surface area contributed by atoms with Gasteiger partial charge in [0.2, 0.25) is 5.91 Å². The summed E-state index contributed by atoms with van der Waals surface area (Å²) < 4.78 is 1.01. The van der Waals surface area contributed by atoms with Crippen molar-refractivity contribution in [3.05, 3.63) is 64.1 Å². The number of benzene rings is 2. The number of primary amides is 1. The molecule has 0 bridgehead atoms. The molecule has 0 aliphatic heterocycles. The second-order valence-electron chi connectivity index (χ2n) is 7.10. The number of carbonyl (C=O) groups is 2. The van der Waals surface area contributed by atoms with Gasteiger partial charge in [-0.3, -0.25) is 4.79 Å². The number of urea groups is 1. The fourth-order valence-corrected chi connectivity index (χ4v) is 4.07. The number of rotatable bonds is 5. The first-order valence-corrected chi connectivity index (χ1v) is 9.93. The number of amides is 3. The van der Waals surface area contributed by atoms with Crippen LogP contribution in [0.15, 0.2) is 53.0 Å². The summed E-state index contributed by atoms with van der Waals surface area (Å²) in [4.78, 5) is 24.2. The van der Waals surface area contributed by atoms with Crippen LogP contribution in [-0.2, 0) is 10.2 Å². The van der Waals surface area contributed by atoms with Crippen LogP contribution in [-0.4, -0.2) is 11.9 Å². The van der Waals surface area contributed by atoms with Crippen LogP contribution < -0.4 is 16.4 Å². The van der Waals surface area contributed by atoms with E-state index in [9.17, 15) is 9.59 Å². The first-order chi connectivity index (χ1) is 12.9. The summed E-state index contributed by atoms with van der Waals surface area (Å²) in [6.07, 6.45) is 3.86. The Morgan fingerprint density at radius 1 is 1.04 bits per heavy atom. The smallest absolute Gasteiger partial charge is 0.316 e. The highest BCUT2D eigenvalue weighted by molar-refractivity contribution is 9.10. The van der Waals surface area contributed by atoms with Crippen molar-refractivity contribution in [1.29, 1.82) is 0 Å². The Morgan fingerprint density at radius 2 is 1.63 bits per heavy atom. The van der Waals surface area contributed by atoms with Crippen molar-refractivity contribution in [2.45, 2.75) is 44.1 Å². The fraction of sp³-hybridized carbons (Fsp3) is 0.333. The molecule has 6 heteroatoms. The molecule has 1 aliphatic carbocycles. The molecule has 2 aromatic carbocycles. The third-order valence-corrected chi connectivity index (χ3v) is 5.84. The number of nitrogens with two attached hydrogens (primary N) is 1. The van der Waals surface area contributed by atoms with Gasteiger partial charge in [0.05, 0.1) is 11.5 Å². The van der Waals surface area contributed by atoms with Gasteiger partial charge in [-0.1, -0.05) is 53.0 Å². The van der Waals surface area contributed by atoms with E-state index in [4.69, 9.17) is 5.73 Å². The fourth-order valence-electron chi connectivity index (χ4n) is 3.81. The summed E-state index contributed by atoms with van der Waals surface area (Å²) in [7, 11) is 0. The van der Waals surface area contributed by atoms with Gasteiger partial charge < -0.3 is 16.4 Å². The molecule has 3 amide bonds. The molecule has 1 fully saturated rings. The summed E-state index contributed by atoms with van der Waals surface area (Å²) >= 11 is 3.47. The maximum Gasteiger partial charge on any atom is 0.316 e. The largest absolute Gasteiger partial charge is 0.351 e. The zero-order valence-electron chi connectivity index (χ0n) is 15.3. The first-order valence-electron chi connectivity index (χ1n) is 9.14. The van der Waals surface area contributed by atoms with E-state index < -0.39 is 11.4 Å². The van der Waals surface area contributed by atoms with Crippen molar-refractivity contribution in [2.75, 3.05) is 5.32 Å². The summed E-state index contributed by atoms with van der Waals surface area (Å²) in [6.45, 7) is 1.97. The topological polar surface area (TPSA) is 84.2 Å². The van der Waals surface area contributed by atoms with E-state index in [-0.39, 0.29) is 11.9 Å². The summed E-state index contributed by atoms with van der Waals surface area (Å²) in [5.41, 5.74) is 7.35. The van der Waals surface area contributed by atoms with E-state index in [2.05, 4.69) is 26.6 Å². The van der Waals surface area contributed by atoms with Crippen LogP contribution in [0.4, 0.5) is 10.5 Å². The molecule has 1 atom stereocenters. The molecule has 0 radical (unpaired) electrons. The standard InChI is InChI=1S/C21H24BrN3O2/c1-14(15-4-10-18(11-5-15)25-20(23)27)24-19(26)21(12-2-3-13-21)16-6-8-17(22)9-7-16/h4-11,14H,2-3,12-13H2,1H3,(H,24,26)(H3,23,25,27). The van der Waals surface area contributed by atoms with Gasteiger partial charge in [-0.25, -0.2) is 4.79 Å². The maximum absolute atomic E-state index is 13.3. The maximum atomic E-state index is 13.3. The van der Waals surface area contributed by atoms with Gasteiger partial charge in [0.1, 0.15) is 0 Å². The van der Waals surface area contributed by atoms with E-state index in [0.717, 1.165) is 41.3 Å². The number of anilines is 1. The van der Waals surface area contributed by atoms with Gasteiger partial charge in [-0.15, -0.1) is 0 Å². The predicted molar refractivity (Wildman–Crippen MR) is 110 cm³/mol. The molecule has 142 valence electrons. The highest BCUT2D eigenvalue weighted by Gasteiger charge is 2.43. The number of carbonyl (C=O) groups excluding carboxylic acids is 2. The number of hydrogen-bond donors (Lipinski definition) is 3. The molecule has 1 unspecified atom stereocenters. The minimum absolute atomic E-state index is 0.0779.